The Labute approximate surface area is 507 Å². The van der Waals surface area contributed by atoms with Gasteiger partial charge in [-0.3, -0.25) is 9.59 Å². The zero-order valence-corrected chi connectivity index (χ0v) is 55.7. The standard InChI is InChI=1S/C73H146N2O6/c1-6-11-16-21-27-37-48-61-75(66-53-68-77)64-51-40-36-42-55-69(73(79)81-71(58-45-33-24-19-14-9-4)59-46-34-25-20-15-10-5)54-41-30-26-28-38-49-62-74(65-52-67-76)63-50-39-29-35-47-60-72(78)80-70(56-43-31-22-17-12-7-2)57-44-32-23-18-13-8-3/h69-71,76-77H,6-68H2,1-5H3. The summed E-state index contributed by atoms with van der Waals surface area (Å²) in [5.41, 5.74) is 0. The molecule has 1 unspecified atom stereocenters. The predicted molar refractivity (Wildman–Crippen MR) is 353 cm³/mol. The van der Waals surface area contributed by atoms with Gasteiger partial charge in [0.05, 0.1) is 5.92 Å². The zero-order valence-electron chi connectivity index (χ0n) is 55.7. The van der Waals surface area contributed by atoms with Crippen molar-refractivity contribution in [3.05, 3.63) is 0 Å². The van der Waals surface area contributed by atoms with Crippen LogP contribution in [0.25, 0.3) is 0 Å². The van der Waals surface area contributed by atoms with Gasteiger partial charge in [-0.05, 0) is 135 Å². The molecule has 0 amide bonds. The number of esters is 2. The molecular formula is C73H146N2O6. The summed E-state index contributed by atoms with van der Waals surface area (Å²) >= 11 is 0. The number of unbranched alkanes of at least 4 members (excludes halogenated alkanes) is 38. The summed E-state index contributed by atoms with van der Waals surface area (Å²) in [5.74, 6) is 0.149. The number of ether oxygens (including phenoxy) is 2. The number of aliphatic hydroxyl groups is 2. The minimum atomic E-state index is 0.0217. The average Bonchev–Trinajstić information content (AvgIpc) is 3.46. The molecule has 1 atom stereocenters. The smallest absolute Gasteiger partial charge is 0.309 e. The van der Waals surface area contributed by atoms with E-state index in [2.05, 4.69) is 44.4 Å². The van der Waals surface area contributed by atoms with Crippen LogP contribution < -0.4 is 0 Å². The molecular weight excluding hydrogens is 1000 g/mol. The molecule has 0 fully saturated rings. The molecule has 0 saturated heterocycles. The summed E-state index contributed by atoms with van der Waals surface area (Å²) in [5, 5.41) is 19.2. The molecule has 8 heteroatoms. The van der Waals surface area contributed by atoms with Crippen molar-refractivity contribution in [2.24, 2.45) is 5.92 Å². The van der Waals surface area contributed by atoms with E-state index >= 15 is 0 Å². The van der Waals surface area contributed by atoms with Crippen molar-refractivity contribution in [2.75, 3.05) is 52.5 Å². The van der Waals surface area contributed by atoms with Crippen LogP contribution in [0.2, 0.25) is 0 Å². The van der Waals surface area contributed by atoms with Crippen LogP contribution in [0.3, 0.4) is 0 Å². The summed E-state index contributed by atoms with van der Waals surface area (Å²) in [7, 11) is 0. The molecule has 0 rings (SSSR count). The van der Waals surface area contributed by atoms with E-state index in [0.29, 0.717) is 6.42 Å². The maximum atomic E-state index is 14.2. The lowest BCUT2D eigenvalue weighted by atomic mass is 9.94. The molecule has 0 aliphatic carbocycles. The Hall–Kier alpha value is -1.22. The molecule has 0 aliphatic heterocycles. The van der Waals surface area contributed by atoms with E-state index in [4.69, 9.17) is 9.47 Å². The quantitative estimate of drug-likeness (QED) is 0.0459. The Kier molecular flexibility index (Phi) is 65.3. The Bertz CT molecular complexity index is 1200. The highest BCUT2D eigenvalue weighted by Crippen LogP contribution is 2.25. The van der Waals surface area contributed by atoms with Gasteiger partial charge in [0, 0.05) is 32.7 Å². The highest BCUT2D eigenvalue weighted by molar-refractivity contribution is 5.72. The number of carbonyl (C=O) groups is 2. The molecule has 0 radical (unpaired) electrons. The maximum Gasteiger partial charge on any atom is 0.309 e. The summed E-state index contributed by atoms with van der Waals surface area (Å²) in [4.78, 5) is 32.3. The van der Waals surface area contributed by atoms with Crippen LogP contribution in [-0.2, 0) is 19.1 Å². The Morgan fingerprint density at radius 2 is 0.519 bits per heavy atom. The lowest BCUT2D eigenvalue weighted by Gasteiger charge is -2.23. The van der Waals surface area contributed by atoms with Crippen LogP contribution >= 0.6 is 0 Å². The average molecular weight is 1150 g/mol. The second kappa shape index (κ2) is 66.3. The van der Waals surface area contributed by atoms with E-state index in [9.17, 15) is 19.8 Å². The number of aliphatic hydroxyl groups excluding tert-OH is 2. The van der Waals surface area contributed by atoms with Crippen LogP contribution in [-0.4, -0.2) is 96.6 Å². The van der Waals surface area contributed by atoms with Gasteiger partial charge in [0.15, 0.2) is 0 Å². The fraction of sp³-hybridized carbons (Fsp3) is 0.973. The van der Waals surface area contributed by atoms with E-state index in [-0.39, 0.29) is 43.3 Å². The molecule has 484 valence electrons. The lowest BCUT2D eigenvalue weighted by Crippen LogP contribution is -2.28. The van der Waals surface area contributed by atoms with Gasteiger partial charge >= 0.3 is 11.9 Å². The third-order valence-corrected chi connectivity index (χ3v) is 17.7. The first-order valence-electron chi connectivity index (χ1n) is 36.9. The molecule has 0 bridgehead atoms. The van der Waals surface area contributed by atoms with Gasteiger partial charge in [-0.15, -0.1) is 0 Å². The highest BCUT2D eigenvalue weighted by Gasteiger charge is 2.23. The number of rotatable bonds is 69. The second-order valence-corrected chi connectivity index (χ2v) is 25.7. The summed E-state index contributed by atoms with van der Waals surface area (Å²) in [6.45, 7) is 18.4. The summed E-state index contributed by atoms with van der Waals surface area (Å²) in [6.07, 6.45) is 66.1. The molecule has 2 N–H and O–H groups in total. The fourth-order valence-corrected chi connectivity index (χ4v) is 12.2. The van der Waals surface area contributed by atoms with Crippen molar-refractivity contribution >= 4 is 11.9 Å². The summed E-state index contributed by atoms with van der Waals surface area (Å²) < 4.78 is 12.7. The molecule has 8 nitrogen and oxygen atoms in total. The number of carbonyl (C=O) groups excluding carboxylic acids is 2. The molecule has 0 spiro atoms. The lowest BCUT2D eigenvalue weighted by molar-refractivity contribution is -0.155. The first-order valence-corrected chi connectivity index (χ1v) is 36.9. The van der Waals surface area contributed by atoms with Crippen molar-refractivity contribution < 1.29 is 29.3 Å². The minimum Gasteiger partial charge on any atom is -0.462 e. The van der Waals surface area contributed by atoms with Crippen molar-refractivity contribution in [3.8, 4) is 0 Å². The van der Waals surface area contributed by atoms with Crippen LogP contribution in [0.4, 0.5) is 0 Å². The number of nitrogens with zero attached hydrogens (tertiary/aromatic N) is 2. The third kappa shape index (κ3) is 57.6. The normalized spacial score (nSPS) is 12.3. The molecule has 0 heterocycles. The van der Waals surface area contributed by atoms with E-state index < -0.39 is 0 Å². The van der Waals surface area contributed by atoms with Gasteiger partial charge in [-0.25, -0.2) is 0 Å². The van der Waals surface area contributed by atoms with Gasteiger partial charge in [0.2, 0.25) is 0 Å². The van der Waals surface area contributed by atoms with Gasteiger partial charge in [0.1, 0.15) is 12.2 Å². The number of hydrogen-bond acceptors (Lipinski definition) is 8. The summed E-state index contributed by atoms with van der Waals surface area (Å²) in [6, 6.07) is 0. The molecule has 0 saturated carbocycles. The van der Waals surface area contributed by atoms with Gasteiger partial charge in [-0.2, -0.15) is 0 Å². The Balaban J connectivity index is 5.06. The van der Waals surface area contributed by atoms with Gasteiger partial charge in [-0.1, -0.05) is 272 Å². The molecule has 0 aliphatic rings. The topological polar surface area (TPSA) is 99.5 Å². The zero-order chi connectivity index (χ0) is 59.0. The van der Waals surface area contributed by atoms with Crippen molar-refractivity contribution in [1.29, 1.82) is 0 Å². The fourth-order valence-electron chi connectivity index (χ4n) is 12.2. The van der Waals surface area contributed by atoms with Crippen LogP contribution in [0.15, 0.2) is 0 Å². The van der Waals surface area contributed by atoms with E-state index in [0.717, 1.165) is 116 Å². The molecule has 0 aromatic heterocycles. The van der Waals surface area contributed by atoms with Crippen LogP contribution in [0, 0.1) is 5.92 Å². The Morgan fingerprint density at radius 1 is 0.284 bits per heavy atom. The first kappa shape index (κ1) is 79.8. The predicted octanol–water partition coefficient (Wildman–Crippen LogP) is 21.6. The maximum absolute atomic E-state index is 14.2. The highest BCUT2D eigenvalue weighted by atomic mass is 16.5. The minimum absolute atomic E-state index is 0.0217. The monoisotopic (exact) mass is 1150 g/mol. The van der Waals surface area contributed by atoms with Crippen molar-refractivity contribution in [3.63, 3.8) is 0 Å². The van der Waals surface area contributed by atoms with E-state index in [1.807, 2.05) is 0 Å². The second-order valence-electron chi connectivity index (χ2n) is 25.7. The van der Waals surface area contributed by atoms with E-state index in [1.165, 1.54) is 270 Å². The van der Waals surface area contributed by atoms with Crippen molar-refractivity contribution in [2.45, 2.75) is 400 Å². The largest absolute Gasteiger partial charge is 0.462 e. The van der Waals surface area contributed by atoms with Gasteiger partial charge < -0.3 is 29.5 Å². The SMILES string of the molecule is CCCCCCCCCN(CCCO)CCCCCCC(CCCCCCCCN(CCCO)CCCCCCCC(=O)OC(CCCCCCCC)CCCCCCCC)C(=O)OC(CCCCCCCC)CCCCCCCC. The first-order chi connectivity index (χ1) is 39.9. The molecule has 0 aromatic rings. The van der Waals surface area contributed by atoms with Crippen molar-refractivity contribution in [1.82, 2.24) is 9.80 Å². The van der Waals surface area contributed by atoms with E-state index in [1.54, 1.807) is 0 Å². The third-order valence-electron chi connectivity index (χ3n) is 17.7. The molecule has 0 aromatic carbocycles. The van der Waals surface area contributed by atoms with Gasteiger partial charge in [0.25, 0.3) is 0 Å². The Morgan fingerprint density at radius 3 is 0.815 bits per heavy atom. The molecule has 81 heavy (non-hydrogen) atoms. The van der Waals surface area contributed by atoms with Crippen LogP contribution in [0.5, 0.6) is 0 Å². The number of hydrogen-bond donors (Lipinski definition) is 2. The van der Waals surface area contributed by atoms with Crippen LogP contribution in [0.1, 0.15) is 388 Å².